The van der Waals surface area contributed by atoms with Gasteiger partial charge in [-0.15, -0.1) is 0 Å². The molecule has 0 saturated heterocycles. The summed E-state index contributed by atoms with van der Waals surface area (Å²) in [4.78, 5) is 15.7. The van der Waals surface area contributed by atoms with Crippen LogP contribution in [0.3, 0.4) is 0 Å². The molecular weight excluding hydrogens is 228 g/mol. The maximum Gasteiger partial charge on any atom is 0.307 e. The molecule has 0 spiro atoms. The van der Waals surface area contributed by atoms with E-state index in [2.05, 4.69) is 4.98 Å². The van der Waals surface area contributed by atoms with E-state index in [0.29, 0.717) is 6.42 Å². The van der Waals surface area contributed by atoms with E-state index < -0.39 is 0 Å². The summed E-state index contributed by atoms with van der Waals surface area (Å²) in [5, 5.41) is 0. The van der Waals surface area contributed by atoms with Crippen LogP contribution in [-0.2, 0) is 9.53 Å². The monoisotopic (exact) mass is 244 g/mol. The summed E-state index contributed by atoms with van der Waals surface area (Å²) in [7, 11) is 1.40. The standard InChI is InChI=1S/C14H16N2O2/c1-11(10-13(17)18-2)16-9-8-15-14(16)12-6-4-3-5-7-12/h3-9,11H,10H2,1-2H3. The average Bonchev–Trinajstić information content (AvgIpc) is 2.88. The molecule has 0 aliphatic rings. The van der Waals surface area contributed by atoms with Gasteiger partial charge in [0.15, 0.2) is 0 Å². The minimum absolute atomic E-state index is 0.0233. The molecule has 2 aromatic rings. The van der Waals surface area contributed by atoms with E-state index in [1.54, 1.807) is 6.20 Å². The molecule has 0 radical (unpaired) electrons. The van der Waals surface area contributed by atoms with Crippen molar-refractivity contribution in [1.82, 2.24) is 9.55 Å². The summed E-state index contributed by atoms with van der Waals surface area (Å²) in [6.07, 6.45) is 3.97. The minimum atomic E-state index is -0.213. The van der Waals surface area contributed by atoms with Gasteiger partial charge in [-0.25, -0.2) is 4.98 Å². The molecular formula is C14H16N2O2. The highest BCUT2D eigenvalue weighted by Gasteiger charge is 2.14. The van der Waals surface area contributed by atoms with Crippen molar-refractivity contribution < 1.29 is 9.53 Å². The number of carbonyl (C=O) groups is 1. The molecule has 4 nitrogen and oxygen atoms in total. The van der Waals surface area contributed by atoms with Crippen LogP contribution in [0.4, 0.5) is 0 Å². The Morgan fingerprint density at radius 1 is 1.39 bits per heavy atom. The van der Waals surface area contributed by atoms with Crippen molar-refractivity contribution in [1.29, 1.82) is 0 Å². The number of ether oxygens (including phenoxy) is 1. The minimum Gasteiger partial charge on any atom is -0.469 e. The molecule has 0 aliphatic heterocycles. The summed E-state index contributed by atoms with van der Waals surface area (Å²) in [5.41, 5.74) is 1.04. The molecule has 4 heteroatoms. The first-order valence-electron chi connectivity index (χ1n) is 5.87. The van der Waals surface area contributed by atoms with E-state index in [0.717, 1.165) is 11.4 Å². The van der Waals surface area contributed by atoms with E-state index in [1.165, 1.54) is 7.11 Å². The van der Waals surface area contributed by atoms with Gasteiger partial charge in [0.2, 0.25) is 0 Å². The zero-order chi connectivity index (χ0) is 13.0. The topological polar surface area (TPSA) is 44.1 Å². The van der Waals surface area contributed by atoms with Crippen LogP contribution in [0, 0.1) is 0 Å². The molecule has 1 atom stereocenters. The molecule has 0 aliphatic carbocycles. The van der Waals surface area contributed by atoms with Gasteiger partial charge in [0.1, 0.15) is 5.82 Å². The van der Waals surface area contributed by atoms with Crippen molar-refractivity contribution >= 4 is 5.97 Å². The molecule has 94 valence electrons. The second-order valence-electron chi connectivity index (χ2n) is 4.15. The summed E-state index contributed by atoms with van der Waals surface area (Å²) in [5.74, 6) is 0.655. The van der Waals surface area contributed by atoms with Crippen LogP contribution in [0.25, 0.3) is 11.4 Å². The van der Waals surface area contributed by atoms with Crippen molar-refractivity contribution in [2.75, 3.05) is 7.11 Å². The Balaban J connectivity index is 2.25. The summed E-state index contributed by atoms with van der Waals surface area (Å²) in [6, 6.07) is 9.94. The molecule has 1 unspecified atom stereocenters. The van der Waals surface area contributed by atoms with Gasteiger partial charge >= 0.3 is 5.97 Å². The Bertz CT molecular complexity index is 520. The Kier molecular flexibility index (Phi) is 3.77. The fourth-order valence-electron chi connectivity index (χ4n) is 1.90. The van der Waals surface area contributed by atoms with E-state index >= 15 is 0 Å². The van der Waals surface area contributed by atoms with Gasteiger partial charge in [-0.05, 0) is 6.92 Å². The predicted molar refractivity (Wildman–Crippen MR) is 69.0 cm³/mol. The van der Waals surface area contributed by atoms with E-state index in [4.69, 9.17) is 4.74 Å². The number of benzene rings is 1. The molecule has 18 heavy (non-hydrogen) atoms. The summed E-state index contributed by atoms with van der Waals surface area (Å²) >= 11 is 0. The van der Waals surface area contributed by atoms with Crippen molar-refractivity contribution in [2.45, 2.75) is 19.4 Å². The first-order valence-corrected chi connectivity index (χ1v) is 5.87. The number of carbonyl (C=O) groups excluding carboxylic acids is 1. The van der Waals surface area contributed by atoms with Gasteiger partial charge in [0.25, 0.3) is 0 Å². The largest absolute Gasteiger partial charge is 0.469 e. The van der Waals surface area contributed by atoms with Crippen LogP contribution in [0.15, 0.2) is 42.7 Å². The molecule has 0 N–H and O–H groups in total. The number of esters is 1. The second-order valence-corrected chi connectivity index (χ2v) is 4.15. The number of imidazole rings is 1. The van der Waals surface area contributed by atoms with Gasteiger partial charge in [-0.1, -0.05) is 30.3 Å². The van der Waals surface area contributed by atoms with Gasteiger partial charge in [0, 0.05) is 24.0 Å². The predicted octanol–water partition coefficient (Wildman–Crippen LogP) is 2.67. The Labute approximate surface area is 106 Å². The molecule has 0 bridgehead atoms. The van der Waals surface area contributed by atoms with Crippen LogP contribution in [0.2, 0.25) is 0 Å². The zero-order valence-corrected chi connectivity index (χ0v) is 10.5. The van der Waals surface area contributed by atoms with Gasteiger partial charge in [-0.2, -0.15) is 0 Å². The number of rotatable bonds is 4. The molecule has 0 amide bonds. The highest BCUT2D eigenvalue weighted by Crippen LogP contribution is 2.22. The first-order chi connectivity index (χ1) is 8.72. The number of aromatic nitrogens is 2. The third-order valence-corrected chi connectivity index (χ3v) is 2.87. The number of nitrogens with zero attached hydrogens (tertiary/aromatic N) is 2. The second kappa shape index (κ2) is 5.49. The maximum atomic E-state index is 11.3. The van der Waals surface area contributed by atoms with Crippen molar-refractivity contribution in [3.63, 3.8) is 0 Å². The lowest BCUT2D eigenvalue weighted by Gasteiger charge is -2.15. The van der Waals surface area contributed by atoms with Crippen LogP contribution in [0.1, 0.15) is 19.4 Å². The highest BCUT2D eigenvalue weighted by atomic mass is 16.5. The van der Waals surface area contributed by atoms with E-state index in [1.807, 2.05) is 48.0 Å². The molecule has 1 aromatic carbocycles. The van der Waals surface area contributed by atoms with Crippen LogP contribution < -0.4 is 0 Å². The molecule has 1 heterocycles. The number of methoxy groups -OCH3 is 1. The quantitative estimate of drug-likeness (QED) is 0.777. The number of hydrogen-bond donors (Lipinski definition) is 0. The van der Waals surface area contributed by atoms with E-state index in [-0.39, 0.29) is 12.0 Å². The van der Waals surface area contributed by atoms with Crippen LogP contribution in [-0.4, -0.2) is 22.6 Å². The smallest absolute Gasteiger partial charge is 0.307 e. The van der Waals surface area contributed by atoms with Gasteiger partial charge in [-0.3, -0.25) is 4.79 Å². The van der Waals surface area contributed by atoms with Crippen LogP contribution >= 0.6 is 0 Å². The third-order valence-electron chi connectivity index (χ3n) is 2.87. The van der Waals surface area contributed by atoms with Crippen molar-refractivity contribution in [3.8, 4) is 11.4 Å². The zero-order valence-electron chi connectivity index (χ0n) is 10.5. The SMILES string of the molecule is COC(=O)CC(C)n1ccnc1-c1ccccc1. The van der Waals surface area contributed by atoms with Crippen molar-refractivity contribution in [3.05, 3.63) is 42.7 Å². The fraction of sp³-hybridized carbons (Fsp3) is 0.286. The highest BCUT2D eigenvalue weighted by molar-refractivity contribution is 5.69. The first kappa shape index (κ1) is 12.4. The Morgan fingerprint density at radius 2 is 2.11 bits per heavy atom. The fourth-order valence-corrected chi connectivity index (χ4v) is 1.90. The average molecular weight is 244 g/mol. The normalized spacial score (nSPS) is 12.1. The van der Waals surface area contributed by atoms with Crippen LogP contribution in [0.5, 0.6) is 0 Å². The lowest BCUT2D eigenvalue weighted by molar-refractivity contribution is -0.141. The van der Waals surface area contributed by atoms with E-state index in [9.17, 15) is 4.79 Å². The molecule has 0 fully saturated rings. The van der Waals surface area contributed by atoms with Crippen molar-refractivity contribution in [2.24, 2.45) is 0 Å². The Morgan fingerprint density at radius 3 is 2.78 bits per heavy atom. The number of hydrogen-bond acceptors (Lipinski definition) is 3. The summed E-state index contributed by atoms with van der Waals surface area (Å²) < 4.78 is 6.68. The molecule has 1 aromatic heterocycles. The molecule has 2 rings (SSSR count). The Hall–Kier alpha value is -2.10. The lowest BCUT2D eigenvalue weighted by atomic mass is 10.2. The lowest BCUT2D eigenvalue weighted by Crippen LogP contribution is -2.12. The van der Waals surface area contributed by atoms with Gasteiger partial charge < -0.3 is 9.30 Å². The third kappa shape index (κ3) is 2.59. The van der Waals surface area contributed by atoms with Gasteiger partial charge in [0.05, 0.1) is 13.5 Å². The summed E-state index contributed by atoms with van der Waals surface area (Å²) in [6.45, 7) is 1.98. The maximum absolute atomic E-state index is 11.3. The molecule has 0 saturated carbocycles.